The van der Waals surface area contributed by atoms with Crippen molar-refractivity contribution in [3.8, 4) is 0 Å². The molecule has 19 heavy (non-hydrogen) atoms. The summed E-state index contributed by atoms with van der Waals surface area (Å²) in [7, 11) is 1.88. The number of halogens is 2. The van der Waals surface area contributed by atoms with Crippen molar-refractivity contribution >= 4 is 29.1 Å². The average molecular weight is 301 g/mol. The molecule has 5 heteroatoms. The fourth-order valence-electron chi connectivity index (χ4n) is 2.12. The molecule has 1 aromatic rings. The van der Waals surface area contributed by atoms with Crippen molar-refractivity contribution in [2.75, 3.05) is 13.6 Å². The Morgan fingerprint density at radius 1 is 1.47 bits per heavy atom. The molecule has 0 aromatic heterocycles. The maximum Gasteiger partial charge on any atom is 0.223 e. The van der Waals surface area contributed by atoms with E-state index in [4.69, 9.17) is 23.2 Å². The Morgan fingerprint density at radius 2 is 2.21 bits per heavy atom. The molecule has 1 fully saturated rings. The summed E-state index contributed by atoms with van der Waals surface area (Å²) < 4.78 is 0. The van der Waals surface area contributed by atoms with E-state index in [1.807, 2.05) is 26.1 Å². The summed E-state index contributed by atoms with van der Waals surface area (Å²) in [5, 5.41) is 7.16. The number of hydrogen-bond donors (Lipinski definition) is 2. The van der Waals surface area contributed by atoms with Crippen LogP contribution in [0.2, 0.25) is 10.0 Å². The number of benzene rings is 1. The van der Waals surface area contributed by atoms with Gasteiger partial charge in [-0.15, -0.1) is 0 Å². The van der Waals surface area contributed by atoms with Crippen LogP contribution in [-0.2, 0) is 4.79 Å². The smallest absolute Gasteiger partial charge is 0.223 e. The second kappa shape index (κ2) is 6.12. The maximum atomic E-state index is 12.0. The van der Waals surface area contributed by atoms with Crippen molar-refractivity contribution in [1.29, 1.82) is 0 Å². The highest BCUT2D eigenvalue weighted by Crippen LogP contribution is 2.50. The Hall–Kier alpha value is -0.770. The summed E-state index contributed by atoms with van der Waals surface area (Å²) in [6.45, 7) is 2.67. The molecule has 0 radical (unpaired) electrons. The molecule has 1 saturated carbocycles. The molecule has 1 aliphatic carbocycles. The van der Waals surface area contributed by atoms with Gasteiger partial charge < -0.3 is 10.6 Å². The molecule has 0 heterocycles. The predicted octanol–water partition coefficient (Wildman–Crippen LogP) is 2.82. The van der Waals surface area contributed by atoms with E-state index in [1.54, 1.807) is 6.07 Å². The van der Waals surface area contributed by atoms with Crippen LogP contribution >= 0.6 is 23.2 Å². The molecule has 0 saturated heterocycles. The molecule has 0 bridgehead atoms. The van der Waals surface area contributed by atoms with E-state index in [9.17, 15) is 4.79 Å². The van der Waals surface area contributed by atoms with Crippen LogP contribution in [-0.4, -0.2) is 25.5 Å². The molecule has 1 amide bonds. The topological polar surface area (TPSA) is 41.1 Å². The van der Waals surface area contributed by atoms with Crippen molar-refractivity contribution < 1.29 is 4.79 Å². The largest absolute Gasteiger partial charge is 0.354 e. The van der Waals surface area contributed by atoms with Crippen molar-refractivity contribution in [1.82, 2.24) is 10.6 Å². The van der Waals surface area contributed by atoms with Crippen LogP contribution < -0.4 is 10.6 Å². The molecular weight excluding hydrogens is 283 g/mol. The molecule has 3 unspecified atom stereocenters. The lowest BCUT2D eigenvalue weighted by Gasteiger charge is -2.11. The highest BCUT2D eigenvalue weighted by Gasteiger charge is 2.44. The maximum absolute atomic E-state index is 12.0. The summed E-state index contributed by atoms with van der Waals surface area (Å²) >= 11 is 12.2. The Labute approximate surface area is 123 Å². The first-order chi connectivity index (χ1) is 9.04. The van der Waals surface area contributed by atoms with Crippen molar-refractivity contribution in [3.63, 3.8) is 0 Å². The SMILES string of the molecule is CNC(C)CNC(=O)C1CC1c1cccc(Cl)c1Cl. The lowest BCUT2D eigenvalue weighted by molar-refractivity contribution is -0.122. The van der Waals surface area contributed by atoms with Gasteiger partial charge in [-0.05, 0) is 37.9 Å². The fraction of sp³-hybridized carbons (Fsp3) is 0.500. The zero-order chi connectivity index (χ0) is 14.0. The highest BCUT2D eigenvalue weighted by atomic mass is 35.5. The number of rotatable bonds is 5. The van der Waals surface area contributed by atoms with Crippen LogP contribution in [0.25, 0.3) is 0 Å². The molecule has 0 aliphatic heterocycles. The fourth-order valence-corrected chi connectivity index (χ4v) is 2.57. The molecule has 104 valence electrons. The number of carbonyl (C=O) groups is 1. The van der Waals surface area contributed by atoms with E-state index in [0.29, 0.717) is 16.6 Å². The minimum Gasteiger partial charge on any atom is -0.354 e. The van der Waals surface area contributed by atoms with Gasteiger partial charge in [-0.1, -0.05) is 35.3 Å². The summed E-state index contributed by atoms with van der Waals surface area (Å²) in [6, 6.07) is 5.86. The molecular formula is C14H18Cl2N2O. The van der Waals surface area contributed by atoms with Gasteiger partial charge in [-0.25, -0.2) is 0 Å². The van der Waals surface area contributed by atoms with Crippen LogP contribution in [0.4, 0.5) is 0 Å². The summed E-state index contributed by atoms with van der Waals surface area (Å²) in [5.74, 6) is 0.333. The number of carbonyl (C=O) groups excluding carboxylic acids is 1. The van der Waals surface area contributed by atoms with Gasteiger partial charge in [0.15, 0.2) is 0 Å². The number of nitrogens with one attached hydrogen (secondary N) is 2. The third kappa shape index (κ3) is 3.41. The van der Waals surface area contributed by atoms with Gasteiger partial charge >= 0.3 is 0 Å². The standard InChI is InChI=1S/C14H18Cl2N2O/c1-8(17-2)7-18-14(19)11-6-10(11)9-4-3-5-12(15)13(9)16/h3-5,8,10-11,17H,6-7H2,1-2H3,(H,18,19). The normalized spacial score (nSPS) is 22.9. The Kier molecular flexibility index (Phi) is 4.71. The van der Waals surface area contributed by atoms with E-state index < -0.39 is 0 Å². The van der Waals surface area contributed by atoms with Gasteiger partial charge in [0.2, 0.25) is 5.91 Å². The number of hydrogen-bond acceptors (Lipinski definition) is 2. The molecule has 1 aromatic carbocycles. The van der Waals surface area contributed by atoms with Crippen molar-refractivity contribution in [2.45, 2.75) is 25.3 Å². The molecule has 3 nitrogen and oxygen atoms in total. The van der Waals surface area contributed by atoms with E-state index in [1.165, 1.54) is 0 Å². The number of amides is 1. The Morgan fingerprint density at radius 3 is 2.89 bits per heavy atom. The Balaban J connectivity index is 1.93. The molecule has 0 spiro atoms. The third-order valence-corrected chi connectivity index (χ3v) is 4.42. The van der Waals surface area contributed by atoms with Gasteiger partial charge in [0.25, 0.3) is 0 Å². The van der Waals surface area contributed by atoms with Crippen LogP contribution in [0.5, 0.6) is 0 Å². The van der Waals surface area contributed by atoms with E-state index in [-0.39, 0.29) is 23.8 Å². The first-order valence-electron chi connectivity index (χ1n) is 6.43. The van der Waals surface area contributed by atoms with Crippen molar-refractivity contribution in [3.05, 3.63) is 33.8 Å². The summed E-state index contributed by atoms with van der Waals surface area (Å²) in [4.78, 5) is 12.0. The third-order valence-electron chi connectivity index (χ3n) is 3.58. The average Bonchev–Trinajstić information content (AvgIpc) is 3.19. The minimum absolute atomic E-state index is 0.0278. The van der Waals surface area contributed by atoms with E-state index in [2.05, 4.69) is 10.6 Å². The van der Waals surface area contributed by atoms with E-state index >= 15 is 0 Å². The zero-order valence-corrected chi connectivity index (χ0v) is 12.6. The zero-order valence-electron chi connectivity index (χ0n) is 11.0. The highest BCUT2D eigenvalue weighted by molar-refractivity contribution is 6.42. The van der Waals surface area contributed by atoms with Crippen molar-refractivity contribution in [2.24, 2.45) is 5.92 Å². The minimum atomic E-state index is 0.0278. The van der Waals surface area contributed by atoms with Crippen LogP contribution in [0.3, 0.4) is 0 Å². The van der Waals surface area contributed by atoms with Crippen LogP contribution in [0, 0.1) is 5.92 Å². The summed E-state index contributed by atoms with van der Waals surface area (Å²) in [5.41, 5.74) is 0.982. The van der Waals surface area contributed by atoms with Gasteiger partial charge in [-0.3, -0.25) is 4.79 Å². The van der Waals surface area contributed by atoms with Crippen LogP contribution in [0.15, 0.2) is 18.2 Å². The lowest BCUT2D eigenvalue weighted by atomic mass is 10.1. The van der Waals surface area contributed by atoms with E-state index in [0.717, 1.165) is 12.0 Å². The number of likely N-dealkylation sites (N-methyl/N-ethyl adjacent to an activating group) is 1. The predicted molar refractivity (Wildman–Crippen MR) is 78.8 cm³/mol. The first kappa shape index (κ1) is 14.6. The first-order valence-corrected chi connectivity index (χ1v) is 7.19. The molecule has 2 rings (SSSR count). The lowest BCUT2D eigenvalue weighted by Crippen LogP contribution is -2.38. The molecule has 1 aliphatic rings. The second-order valence-corrected chi connectivity index (χ2v) is 5.81. The molecule has 3 atom stereocenters. The van der Waals surface area contributed by atoms with Crippen LogP contribution in [0.1, 0.15) is 24.8 Å². The van der Waals surface area contributed by atoms with Gasteiger partial charge in [0.1, 0.15) is 0 Å². The van der Waals surface area contributed by atoms with Gasteiger partial charge in [0, 0.05) is 18.5 Å². The quantitative estimate of drug-likeness (QED) is 0.878. The van der Waals surface area contributed by atoms with Gasteiger partial charge in [-0.2, -0.15) is 0 Å². The Bertz CT molecular complexity index is 479. The molecule has 2 N–H and O–H groups in total. The van der Waals surface area contributed by atoms with Gasteiger partial charge in [0.05, 0.1) is 10.0 Å². The summed E-state index contributed by atoms with van der Waals surface area (Å²) in [6.07, 6.45) is 0.847. The monoisotopic (exact) mass is 300 g/mol. The second-order valence-electron chi connectivity index (χ2n) is 5.03.